The van der Waals surface area contributed by atoms with E-state index in [-0.39, 0.29) is 40.4 Å². The highest BCUT2D eigenvalue weighted by Gasteiger charge is 2.29. The first kappa shape index (κ1) is 23.9. The molecule has 0 radical (unpaired) electrons. The molecular weight excluding hydrogens is 452 g/mol. The van der Waals surface area contributed by atoms with Crippen LogP contribution >= 0.6 is 11.6 Å². The van der Waals surface area contributed by atoms with E-state index < -0.39 is 42.4 Å². The monoisotopic (exact) mass is 468 g/mol. The second-order valence-electron chi connectivity index (χ2n) is 6.12. The maximum absolute atomic E-state index is 12.1. The molecule has 2 rings (SSSR count). The summed E-state index contributed by atoms with van der Waals surface area (Å²) in [5, 5.41) is 22.4. The molecule has 1 atom stereocenters. The molecule has 0 unspecified atom stereocenters. The van der Waals surface area contributed by atoms with Crippen LogP contribution in [0.25, 0.3) is 0 Å². The van der Waals surface area contributed by atoms with E-state index >= 15 is 0 Å². The number of nitrogen functional groups attached to an aromatic ring is 2. The summed E-state index contributed by atoms with van der Waals surface area (Å²) in [4.78, 5) is 68.0. The van der Waals surface area contributed by atoms with Crippen molar-refractivity contribution in [2.24, 2.45) is 0 Å². The van der Waals surface area contributed by atoms with Gasteiger partial charge in [0.25, 0.3) is 5.56 Å². The van der Waals surface area contributed by atoms with Gasteiger partial charge < -0.3 is 27.0 Å². The number of H-pyrrole nitrogens is 1. The molecule has 2 aromatic rings. The van der Waals surface area contributed by atoms with Gasteiger partial charge in [0.15, 0.2) is 17.3 Å². The Labute approximate surface area is 183 Å². The highest BCUT2D eigenvalue weighted by atomic mass is 35.5. The van der Waals surface area contributed by atoms with Gasteiger partial charge in [0, 0.05) is 6.42 Å². The predicted molar refractivity (Wildman–Crippen MR) is 112 cm³/mol. The number of carbonyl (C=O) groups excluding carboxylic acids is 2. The van der Waals surface area contributed by atoms with Crippen LogP contribution in [0.4, 0.5) is 33.8 Å². The number of nitrogens with one attached hydrogen (secondary N) is 3. The van der Waals surface area contributed by atoms with Crippen LogP contribution in [-0.4, -0.2) is 55.6 Å². The van der Waals surface area contributed by atoms with Gasteiger partial charge in [-0.1, -0.05) is 11.6 Å². The maximum atomic E-state index is 12.1. The largest absolute Gasteiger partial charge is 0.481 e. The summed E-state index contributed by atoms with van der Waals surface area (Å²) >= 11 is 6.08. The smallest absolute Gasteiger partial charge is 0.326 e. The van der Waals surface area contributed by atoms with E-state index in [4.69, 9.17) is 28.2 Å². The lowest BCUT2D eigenvalue weighted by Gasteiger charge is -2.24. The van der Waals surface area contributed by atoms with E-state index in [1.807, 2.05) is 0 Å². The molecule has 16 heteroatoms. The predicted octanol–water partition coefficient (Wildman–Crippen LogP) is -0.0925. The standard InChI is InChI=1S/C16H17ClN8O7/c17-7-3-6(21-16(32)22-10-11(18)23-15(19)24-13(10)29)4-20-12(7)25(5-26)8(14(30)31)1-2-9(27)28/h3-5,8H,1-2H2,(H,27,28)(H,30,31)(H2,21,22,32)(H5,18,19,23,24,29)/t8-/m0/s1. The minimum Gasteiger partial charge on any atom is -0.481 e. The molecule has 170 valence electrons. The first-order chi connectivity index (χ1) is 15.0. The average molecular weight is 469 g/mol. The van der Waals surface area contributed by atoms with Gasteiger partial charge in [0.2, 0.25) is 12.4 Å². The number of aromatic amines is 1. The summed E-state index contributed by atoms with van der Waals surface area (Å²) in [5.41, 5.74) is 9.73. The summed E-state index contributed by atoms with van der Waals surface area (Å²) in [5.74, 6) is -3.54. The normalized spacial score (nSPS) is 11.3. The Morgan fingerprint density at radius 1 is 1.28 bits per heavy atom. The van der Waals surface area contributed by atoms with E-state index in [2.05, 4.69) is 25.6 Å². The Balaban J connectivity index is 2.20. The van der Waals surface area contributed by atoms with Crippen molar-refractivity contribution in [1.29, 1.82) is 0 Å². The molecule has 0 aromatic carbocycles. The number of aliphatic carboxylic acids is 2. The molecule has 32 heavy (non-hydrogen) atoms. The van der Waals surface area contributed by atoms with Crippen molar-refractivity contribution in [3.05, 3.63) is 27.6 Å². The first-order valence-corrected chi connectivity index (χ1v) is 8.98. The minimum atomic E-state index is -1.54. The van der Waals surface area contributed by atoms with Crippen LogP contribution in [0, 0.1) is 0 Å². The van der Waals surface area contributed by atoms with Gasteiger partial charge in [-0.05, 0) is 12.5 Å². The Morgan fingerprint density at radius 3 is 2.50 bits per heavy atom. The topological polar surface area (TPSA) is 247 Å². The van der Waals surface area contributed by atoms with Gasteiger partial charge in [-0.2, -0.15) is 4.98 Å². The van der Waals surface area contributed by atoms with Gasteiger partial charge in [0.05, 0.1) is 16.9 Å². The number of amides is 3. The number of hydrogen-bond acceptors (Lipinski definition) is 9. The minimum absolute atomic E-state index is 0.0120. The van der Waals surface area contributed by atoms with Crippen LogP contribution in [0.15, 0.2) is 17.1 Å². The van der Waals surface area contributed by atoms with E-state index in [9.17, 15) is 29.1 Å². The van der Waals surface area contributed by atoms with Crippen molar-refractivity contribution in [2.75, 3.05) is 27.0 Å². The quantitative estimate of drug-likeness (QED) is 0.239. The number of hydrogen-bond donors (Lipinski definition) is 7. The van der Waals surface area contributed by atoms with Crippen LogP contribution in [0.2, 0.25) is 5.02 Å². The number of aromatic nitrogens is 3. The fourth-order valence-electron chi connectivity index (χ4n) is 2.51. The molecular formula is C16H17ClN8O7. The lowest BCUT2D eigenvalue weighted by Crippen LogP contribution is -2.41. The van der Waals surface area contributed by atoms with E-state index in [0.29, 0.717) is 4.90 Å². The number of rotatable bonds is 9. The Kier molecular flexibility index (Phi) is 7.52. The van der Waals surface area contributed by atoms with Crippen LogP contribution in [-0.2, 0) is 14.4 Å². The highest BCUT2D eigenvalue weighted by Crippen LogP contribution is 2.28. The molecule has 3 amide bonds. The average Bonchev–Trinajstić information content (AvgIpc) is 2.68. The Hall–Kier alpha value is -4.40. The molecule has 0 aliphatic heterocycles. The summed E-state index contributed by atoms with van der Waals surface area (Å²) < 4.78 is 0. The van der Waals surface area contributed by atoms with Crippen molar-refractivity contribution < 1.29 is 29.4 Å². The third-order valence-corrected chi connectivity index (χ3v) is 4.17. The number of nitrogens with zero attached hydrogens (tertiary/aromatic N) is 3. The zero-order valence-corrected chi connectivity index (χ0v) is 16.8. The Bertz CT molecular complexity index is 1120. The van der Waals surface area contributed by atoms with E-state index in [1.165, 1.54) is 0 Å². The number of carboxylic acid groups (broad SMARTS) is 2. The van der Waals surface area contributed by atoms with Gasteiger partial charge in [-0.25, -0.2) is 14.6 Å². The first-order valence-electron chi connectivity index (χ1n) is 8.60. The molecule has 0 saturated carbocycles. The van der Waals surface area contributed by atoms with Crippen LogP contribution in [0.1, 0.15) is 12.8 Å². The summed E-state index contributed by atoms with van der Waals surface area (Å²) in [6.07, 6.45) is 0.302. The number of pyridine rings is 1. The summed E-state index contributed by atoms with van der Waals surface area (Å²) in [7, 11) is 0. The molecule has 0 aliphatic carbocycles. The molecule has 2 heterocycles. The Morgan fingerprint density at radius 2 is 1.97 bits per heavy atom. The summed E-state index contributed by atoms with van der Waals surface area (Å²) in [6, 6.07) is -1.30. The van der Waals surface area contributed by atoms with Crippen LogP contribution in [0.3, 0.4) is 0 Å². The highest BCUT2D eigenvalue weighted by molar-refractivity contribution is 6.33. The lowest BCUT2D eigenvalue weighted by molar-refractivity contribution is -0.140. The summed E-state index contributed by atoms with van der Waals surface area (Å²) in [6.45, 7) is 0. The SMILES string of the molecule is Nc1nc(N)c(NC(=O)Nc2cnc(N(C=O)[C@@H](CCC(=O)O)C(=O)O)c(Cl)c2)c(=O)[nH]1. The molecule has 0 saturated heterocycles. The number of urea groups is 1. The van der Waals surface area contributed by atoms with Crippen molar-refractivity contribution in [3.8, 4) is 0 Å². The molecule has 15 nitrogen and oxygen atoms in total. The fourth-order valence-corrected chi connectivity index (χ4v) is 2.77. The fraction of sp³-hybridized carbons (Fsp3) is 0.188. The number of carboxylic acids is 2. The second kappa shape index (κ2) is 10.1. The van der Waals surface area contributed by atoms with Gasteiger partial charge in [-0.15, -0.1) is 0 Å². The van der Waals surface area contributed by atoms with Crippen molar-refractivity contribution in [2.45, 2.75) is 18.9 Å². The van der Waals surface area contributed by atoms with Gasteiger partial charge in [-0.3, -0.25) is 29.6 Å². The third-order valence-electron chi connectivity index (χ3n) is 3.89. The van der Waals surface area contributed by atoms with Crippen molar-refractivity contribution in [1.82, 2.24) is 15.0 Å². The van der Waals surface area contributed by atoms with Gasteiger partial charge in [0.1, 0.15) is 6.04 Å². The van der Waals surface area contributed by atoms with E-state index in [0.717, 1.165) is 12.3 Å². The molecule has 0 bridgehead atoms. The van der Waals surface area contributed by atoms with Crippen molar-refractivity contribution in [3.63, 3.8) is 0 Å². The molecule has 0 fully saturated rings. The number of carbonyl (C=O) groups is 4. The number of nitrogens with two attached hydrogens (primary N) is 2. The molecule has 0 spiro atoms. The third kappa shape index (κ3) is 5.82. The zero-order valence-electron chi connectivity index (χ0n) is 16.0. The number of halogens is 1. The van der Waals surface area contributed by atoms with E-state index in [1.54, 1.807) is 0 Å². The molecule has 9 N–H and O–H groups in total. The lowest BCUT2D eigenvalue weighted by atomic mass is 10.1. The molecule has 0 aliphatic rings. The second-order valence-corrected chi connectivity index (χ2v) is 6.53. The van der Waals surface area contributed by atoms with Crippen LogP contribution < -0.4 is 32.6 Å². The number of anilines is 5. The van der Waals surface area contributed by atoms with Crippen molar-refractivity contribution >= 4 is 64.9 Å². The molecule has 2 aromatic heterocycles. The van der Waals surface area contributed by atoms with Gasteiger partial charge >= 0.3 is 18.0 Å². The maximum Gasteiger partial charge on any atom is 0.326 e. The zero-order chi connectivity index (χ0) is 24.0. The van der Waals surface area contributed by atoms with Crippen LogP contribution in [0.5, 0.6) is 0 Å².